The first-order valence-corrected chi connectivity index (χ1v) is 8.15. The Hall–Kier alpha value is -2.01. The van der Waals surface area contributed by atoms with Gasteiger partial charge < -0.3 is 15.2 Å². The molecule has 0 radical (unpaired) electrons. The number of nitrogens with zero attached hydrogens (tertiary/aromatic N) is 1. The second-order valence-corrected chi connectivity index (χ2v) is 6.60. The van der Waals surface area contributed by atoms with Gasteiger partial charge in [-0.2, -0.15) is 0 Å². The van der Waals surface area contributed by atoms with E-state index in [4.69, 9.17) is 15.2 Å². The second-order valence-electron chi connectivity index (χ2n) is 5.75. The molecule has 0 aromatic heterocycles. The van der Waals surface area contributed by atoms with Gasteiger partial charge >= 0.3 is 0 Å². The quantitative estimate of drug-likeness (QED) is 0.891. The Labute approximate surface area is 144 Å². The third kappa shape index (κ3) is 2.70. The Morgan fingerprint density at radius 2 is 1.83 bits per heavy atom. The summed E-state index contributed by atoms with van der Waals surface area (Å²) in [4.78, 5) is 4.64. The van der Waals surface area contributed by atoms with Gasteiger partial charge in [-0.05, 0) is 54.3 Å². The molecule has 3 rings (SSSR count). The molecular weight excluding hydrogens is 356 g/mol. The molecule has 0 saturated heterocycles. The van der Waals surface area contributed by atoms with E-state index in [2.05, 4.69) is 52.1 Å². The molecule has 120 valence electrons. The van der Waals surface area contributed by atoms with Crippen molar-refractivity contribution in [3.63, 3.8) is 0 Å². The van der Waals surface area contributed by atoms with Crippen LogP contribution < -0.4 is 10.5 Å². The highest BCUT2D eigenvalue weighted by Crippen LogP contribution is 2.40. The molecular formula is C18H19BrN2O2. The maximum Gasteiger partial charge on any atom is 0.283 e. The first-order valence-electron chi connectivity index (χ1n) is 7.36. The van der Waals surface area contributed by atoms with Crippen LogP contribution in [0.15, 0.2) is 45.9 Å². The Morgan fingerprint density at radius 3 is 2.39 bits per heavy atom. The van der Waals surface area contributed by atoms with Crippen molar-refractivity contribution in [2.24, 2.45) is 10.7 Å². The van der Waals surface area contributed by atoms with Gasteiger partial charge in [-0.1, -0.05) is 34.1 Å². The average molecular weight is 375 g/mol. The molecule has 1 aliphatic rings. The van der Waals surface area contributed by atoms with Crippen LogP contribution in [0.1, 0.15) is 22.3 Å². The molecule has 1 aliphatic heterocycles. The van der Waals surface area contributed by atoms with Gasteiger partial charge in [0.25, 0.3) is 6.02 Å². The van der Waals surface area contributed by atoms with Crippen molar-refractivity contribution in [3.8, 4) is 5.75 Å². The molecule has 4 nitrogen and oxygen atoms in total. The molecule has 0 aliphatic carbocycles. The highest BCUT2D eigenvalue weighted by molar-refractivity contribution is 9.10. The summed E-state index contributed by atoms with van der Waals surface area (Å²) in [6, 6.07) is 12.5. The van der Waals surface area contributed by atoms with Crippen LogP contribution in [0.25, 0.3) is 0 Å². The first-order chi connectivity index (χ1) is 11.0. The lowest BCUT2D eigenvalue weighted by Crippen LogP contribution is -2.27. The number of ether oxygens (including phenoxy) is 2. The largest absolute Gasteiger partial charge is 0.496 e. The van der Waals surface area contributed by atoms with Crippen LogP contribution in [0.4, 0.5) is 0 Å². The van der Waals surface area contributed by atoms with Crippen LogP contribution in [0, 0.1) is 13.8 Å². The van der Waals surface area contributed by atoms with E-state index >= 15 is 0 Å². The van der Waals surface area contributed by atoms with Crippen molar-refractivity contribution in [3.05, 3.63) is 63.1 Å². The van der Waals surface area contributed by atoms with E-state index in [-0.39, 0.29) is 6.02 Å². The highest BCUT2D eigenvalue weighted by Gasteiger charge is 2.40. The van der Waals surface area contributed by atoms with E-state index in [1.807, 2.05) is 19.1 Å². The predicted molar refractivity (Wildman–Crippen MR) is 95.0 cm³/mol. The van der Waals surface area contributed by atoms with E-state index in [1.54, 1.807) is 7.11 Å². The third-order valence-corrected chi connectivity index (χ3v) is 5.11. The summed E-state index contributed by atoms with van der Waals surface area (Å²) in [5.41, 5.74) is 9.51. The summed E-state index contributed by atoms with van der Waals surface area (Å²) in [7, 11) is 1.67. The van der Waals surface area contributed by atoms with Gasteiger partial charge in [-0.25, -0.2) is 4.99 Å². The molecule has 0 amide bonds. The zero-order chi connectivity index (χ0) is 16.6. The predicted octanol–water partition coefficient (Wildman–Crippen LogP) is 3.66. The van der Waals surface area contributed by atoms with E-state index in [0.29, 0.717) is 6.61 Å². The lowest BCUT2D eigenvalue weighted by Gasteiger charge is -2.26. The van der Waals surface area contributed by atoms with Gasteiger partial charge in [0.1, 0.15) is 12.4 Å². The highest BCUT2D eigenvalue weighted by atomic mass is 79.9. The van der Waals surface area contributed by atoms with Crippen LogP contribution in [0.3, 0.4) is 0 Å². The SMILES string of the molecule is COc1ccc([C@]2(c3ccc(C)c(Br)c3)COC(N)=N2)cc1C. The third-order valence-electron chi connectivity index (χ3n) is 4.25. The van der Waals surface area contributed by atoms with Crippen molar-refractivity contribution in [2.45, 2.75) is 19.4 Å². The van der Waals surface area contributed by atoms with E-state index in [0.717, 1.165) is 26.9 Å². The van der Waals surface area contributed by atoms with Gasteiger partial charge in [0.2, 0.25) is 0 Å². The Bertz CT molecular complexity index is 789. The van der Waals surface area contributed by atoms with Gasteiger partial charge in [0.05, 0.1) is 7.11 Å². The molecule has 2 aromatic rings. The van der Waals surface area contributed by atoms with E-state index in [1.165, 1.54) is 5.56 Å². The van der Waals surface area contributed by atoms with Crippen LogP contribution in [-0.2, 0) is 10.3 Å². The number of aryl methyl sites for hydroxylation is 2. The normalized spacial score (nSPS) is 20.1. The number of nitrogens with two attached hydrogens (primary N) is 1. The van der Waals surface area contributed by atoms with Gasteiger partial charge in [-0.3, -0.25) is 0 Å². The molecule has 0 spiro atoms. The fourth-order valence-electron chi connectivity index (χ4n) is 2.88. The summed E-state index contributed by atoms with van der Waals surface area (Å²) in [5, 5.41) is 0. The summed E-state index contributed by atoms with van der Waals surface area (Å²) in [6.45, 7) is 4.46. The maximum absolute atomic E-state index is 5.84. The van der Waals surface area contributed by atoms with Crippen molar-refractivity contribution in [1.29, 1.82) is 0 Å². The number of aliphatic imine (C=N–C) groups is 1. The molecule has 5 heteroatoms. The van der Waals surface area contributed by atoms with E-state index < -0.39 is 5.54 Å². The topological polar surface area (TPSA) is 56.8 Å². The Morgan fingerprint density at radius 1 is 1.13 bits per heavy atom. The number of halogens is 1. The number of hydrogen-bond acceptors (Lipinski definition) is 4. The number of methoxy groups -OCH3 is 1. The summed E-state index contributed by atoms with van der Waals surface area (Å²) in [5.74, 6) is 0.852. The summed E-state index contributed by atoms with van der Waals surface area (Å²) < 4.78 is 11.9. The van der Waals surface area contributed by atoms with Crippen LogP contribution in [0.5, 0.6) is 5.75 Å². The molecule has 2 aromatic carbocycles. The Kier molecular flexibility index (Phi) is 4.06. The smallest absolute Gasteiger partial charge is 0.283 e. The molecule has 1 heterocycles. The number of amidine groups is 1. The first kappa shape index (κ1) is 15.9. The molecule has 23 heavy (non-hydrogen) atoms. The minimum atomic E-state index is -0.628. The molecule has 2 N–H and O–H groups in total. The number of benzene rings is 2. The fourth-order valence-corrected chi connectivity index (χ4v) is 3.26. The number of rotatable bonds is 3. The van der Waals surface area contributed by atoms with E-state index in [9.17, 15) is 0 Å². The van der Waals surface area contributed by atoms with Crippen LogP contribution in [-0.4, -0.2) is 19.7 Å². The zero-order valence-electron chi connectivity index (χ0n) is 13.4. The summed E-state index contributed by atoms with van der Waals surface area (Å²) >= 11 is 3.60. The lowest BCUT2D eigenvalue weighted by atomic mass is 9.83. The zero-order valence-corrected chi connectivity index (χ0v) is 15.0. The van der Waals surface area contributed by atoms with Crippen molar-refractivity contribution >= 4 is 22.0 Å². The standard InChI is InChI=1S/C18H19BrN2O2/c1-11-4-5-14(9-15(11)19)18(10-23-17(20)21-18)13-6-7-16(22-3)12(2)8-13/h4-9H,10H2,1-3H3,(H2,20,21)/t18-/m0/s1. The van der Waals surface area contributed by atoms with Crippen molar-refractivity contribution in [2.75, 3.05) is 13.7 Å². The van der Waals surface area contributed by atoms with Crippen molar-refractivity contribution in [1.82, 2.24) is 0 Å². The summed E-state index contributed by atoms with van der Waals surface area (Å²) in [6.07, 6.45) is 0. The van der Waals surface area contributed by atoms with Crippen molar-refractivity contribution < 1.29 is 9.47 Å². The van der Waals surface area contributed by atoms with Gasteiger partial charge in [0, 0.05) is 4.47 Å². The minimum Gasteiger partial charge on any atom is -0.496 e. The van der Waals surface area contributed by atoms with Crippen LogP contribution >= 0.6 is 15.9 Å². The fraction of sp³-hybridized carbons (Fsp3) is 0.278. The molecule has 0 bridgehead atoms. The minimum absolute atomic E-state index is 0.218. The molecule has 1 atom stereocenters. The monoisotopic (exact) mass is 374 g/mol. The molecule has 0 unspecified atom stereocenters. The Balaban J connectivity index is 2.18. The van der Waals surface area contributed by atoms with Gasteiger partial charge in [-0.15, -0.1) is 0 Å². The average Bonchev–Trinajstić information content (AvgIpc) is 2.93. The van der Waals surface area contributed by atoms with Gasteiger partial charge in [0.15, 0.2) is 5.54 Å². The number of hydrogen-bond donors (Lipinski definition) is 1. The molecule has 0 saturated carbocycles. The second kappa shape index (κ2) is 5.89. The van der Waals surface area contributed by atoms with Crippen LogP contribution in [0.2, 0.25) is 0 Å². The molecule has 0 fully saturated rings. The maximum atomic E-state index is 5.84. The lowest BCUT2D eigenvalue weighted by molar-refractivity contribution is 0.278.